The number of ketones is 1. The van der Waals surface area contributed by atoms with Gasteiger partial charge in [-0.2, -0.15) is 11.8 Å². The Kier molecular flexibility index (Phi) is 5.36. The molecule has 2 aromatic rings. The van der Waals surface area contributed by atoms with Crippen LogP contribution < -0.4 is 0 Å². The molecule has 1 aliphatic rings. The topological polar surface area (TPSA) is 20.3 Å². The molecule has 0 amide bonds. The van der Waals surface area contributed by atoms with E-state index < -0.39 is 5.82 Å². The Morgan fingerprint density at radius 2 is 1.96 bits per heavy atom. The zero-order valence-electron chi connectivity index (χ0n) is 12.6. The van der Waals surface area contributed by atoms with Crippen molar-refractivity contribution in [3.8, 4) is 0 Å². The van der Waals surface area contributed by atoms with Crippen molar-refractivity contribution in [2.24, 2.45) is 0 Å². The number of carbonyl (C=O) groups excluding carboxylic acids is 1. The second-order valence-electron chi connectivity index (χ2n) is 5.54. The zero-order chi connectivity index (χ0) is 16.2. The van der Waals surface area contributed by atoms with E-state index in [4.69, 9.17) is 11.6 Å². The van der Waals surface area contributed by atoms with E-state index in [0.29, 0.717) is 5.56 Å². The molecule has 1 aliphatic heterocycles. The molecule has 1 saturated heterocycles. The quantitative estimate of drug-likeness (QED) is 0.769. The maximum Gasteiger partial charge on any atom is 0.195 e. The highest BCUT2D eigenvalue weighted by atomic mass is 35.5. The molecule has 0 bridgehead atoms. The number of thioether (sulfide) groups is 1. The number of hydrogen-bond donors (Lipinski definition) is 0. The van der Waals surface area contributed by atoms with E-state index in [1.165, 1.54) is 18.2 Å². The van der Waals surface area contributed by atoms with Gasteiger partial charge in [0.1, 0.15) is 5.82 Å². The lowest BCUT2D eigenvalue weighted by atomic mass is 10.0. The predicted molar refractivity (Wildman–Crippen MR) is 93.9 cm³/mol. The second-order valence-corrected chi connectivity index (χ2v) is 7.20. The first-order valence-corrected chi connectivity index (χ1v) is 9.05. The van der Waals surface area contributed by atoms with Crippen LogP contribution in [0.15, 0.2) is 42.5 Å². The molecule has 0 unspecified atom stereocenters. The molecule has 2 aromatic carbocycles. The Labute approximate surface area is 144 Å². The molecule has 0 radical (unpaired) electrons. The van der Waals surface area contributed by atoms with Gasteiger partial charge in [0.05, 0.1) is 5.56 Å². The number of carbonyl (C=O) groups is 1. The minimum absolute atomic E-state index is 0.0564. The molecular formula is C18H17ClFNOS. The summed E-state index contributed by atoms with van der Waals surface area (Å²) < 4.78 is 13.9. The van der Waals surface area contributed by atoms with Crippen molar-refractivity contribution in [3.63, 3.8) is 0 Å². The molecule has 23 heavy (non-hydrogen) atoms. The first-order chi connectivity index (χ1) is 11.1. The van der Waals surface area contributed by atoms with Crippen LogP contribution in [0.4, 0.5) is 4.39 Å². The van der Waals surface area contributed by atoms with Gasteiger partial charge < -0.3 is 0 Å². The highest BCUT2D eigenvalue weighted by molar-refractivity contribution is 7.99. The van der Waals surface area contributed by atoms with Gasteiger partial charge in [0, 0.05) is 41.7 Å². The number of rotatable bonds is 4. The molecule has 120 valence electrons. The lowest BCUT2D eigenvalue weighted by Crippen LogP contribution is -2.32. The molecule has 0 aromatic heterocycles. The number of hydrogen-bond acceptors (Lipinski definition) is 3. The number of benzene rings is 2. The molecule has 1 heterocycles. The van der Waals surface area contributed by atoms with Crippen molar-refractivity contribution in [1.82, 2.24) is 4.90 Å². The third kappa shape index (κ3) is 4.14. The largest absolute Gasteiger partial charge is 0.297 e. The van der Waals surface area contributed by atoms with Gasteiger partial charge in [-0.3, -0.25) is 9.69 Å². The van der Waals surface area contributed by atoms with Gasteiger partial charge in [0.15, 0.2) is 5.78 Å². The van der Waals surface area contributed by atoms with E-state index in [0.717, 1.165) is 36.7 Å². The van der Waals surface area contributed by atoms with Crippen molar-refractivity contribution in [2.75, 3.05) is 24.6 Å². The fourth-order valence-electron chi connectivity index (χ4n) is 2.66. The van der Waals surface area contributed by atoms with Crippen LogP contribution in [-0.4, -0.2) is 35.3 Å². The van der Waals surface area contributed by atoms with Gasteiger partial charge >= 0.3 is 0 Å². The average Bonchev–Trinajstić information content (AvgIpc) is 2.55. The van der Waals surface area contributed by atoms with Crippen LogP contribution in [-0.2, 0) is 6.54 Å². The SMILES string of the molecule is O=C(c1cccc(CN2CCSCC2)c1)c1ccc(Cl)cc1F. The van der Waals surface area contributed by atoms with Gasteiger partial charge in [-0.15, -0.1) is 0 Å². The average molecular weight is 350 g/mol. The van der Waals surface area contributed by atoms with E-state index >= 15 is 0 Å². The summed E-state index contributed by atoms with van der Waals surface area (Å²) in [5.74, 6) is 1.40. The molecular weight excluding hydrogens is 333 g/mol. The number of nitrogens with zero attached hydrogens (tertiary/aromatic N) is 1. The van der Waals surface area contributed by atoms with Gasteiger partial charge in [0.2, 0.25) is 0 Å². The van der Waals surface area contributed by atoms with Crippen molar-refractivity contribution in [2.45, 2.75) is 6.54 Å². The lowest BCUT2D eigenvalue weighted by Gasteiger charge is -2.26. The summed E-state index contributed by atoms with van der Waals surface area (Å²) >= 11 is 7.71. The van der Waals surface area contributed by atoms with Crippen LogP contribution in [0.1, 0.15) is 21.5 Å². The normalized spacial score (nSPS) is 15.6. The van der Waals surface area contributed by atoms with Crippen LogP contribution in [0.2, 0.25) is 5.02 Å². The molecule has 2 nitrogen and oxygen atoms in total. The monoisotopic (exact) mass is 349 g/mol. The number of halogens is 2. The Morgan fingerprint density at radius 3 is 2.70 bits per heavy atom. The molecule has 5 heteroatoms. The maximum atomic E-state index is 13.9. The maximum absolute atomic E-state index is 13.9. The molecule has 0 N–H and O–H groups in total. The van der Waals surface area contributed by atoms with E-state index in [9.17, 15) is 9.18 Å². The Morgan fingerprint density at radius 1 is 1.17 bits per heavy atom. The van der Waals surface area contributed by atoms with Gasteiger partial charge in [-0.25, -0.2) is 4.39 Å². The summed E-state index contributed by atoms with van der Waals surface area (Å²) in [5.41, 5.74) is 1.65. The van der Waals surface area contributed by atoms with Crippen molar-refractivity contribution in [1.29, 1.82) is 0 Å². The van der Waals surface area contributed by atoms with Crippen molar-refractivity contribution in [3.05, 3.63) is 70.0 Å². The summed E-state index contributed by atoms with van der Waals surface area (Å²) in [6.07, 6.45) is 0. The van der Waals surface area contributed by atoms with Crippen LogP contribution in [0.3, 0.4) is 0 Å². The smallest absolute Gasteiger partial charge is 0.195 e. The minimum Gasteiger partial charge on any atom is -0.297 e. The van der Waals surface area contributed by atoms with Crippen LogP contribution in [0, 0.1) is 5.82 Å². The van der Waals surface area contributed by atoms with E-state index in [2.05, 4.69) is 4.90 Å². The van der Waals surface area contributed by atoms with Crippen LogP contribution in [0.25, 0.3) is 0 Å². The lowest BCUT2D eigenvalue weighted by molar-refractivity contribution is 0.103. The van der Waals surface area contributed by atoms with Crippen LogP contribution >= 0.6 is 23.4 Å². The highest BCUT2D eigenvalue weighted by Gasteiger charge is 2.16. The Balaban J connectivity index is 1.79. The van der Waals surface area contributed by atoms with Crippen molar-refractivity contribution < 1.29 is 9.18 Å². The molecule has 3 rings (SSSR count). The van der Waals surface area contributed by atoms with Crippen molar-refractivity contribution >= 4 is 29.1 Å². The Bertz CT molecular complexity index is 716. The highest BCUT2D eigenvalue weighted by Crippen LogP contribution is 2.20. The summed E-state index contributed by atoms with van der Waals surface area (Å²) in [5, 5.41) is 0.288. The summed E-state index contributed by atoms with van der Waals surface area (Å²) in [4.78, 5) is 14.9. The molecule has 0 saturated carbocycles. The van der Waals surface area contributed by atoms with E-state index in [1.807, 2.05) is 30.0 Å². The first kappa shape index (κ1) is 16.5. The first-order valence-electron chi connectivity index (χ1n) is 7.52. The molecule has 0 atom stereocenters. The summed E-state index contributed by atoms with van der Waals surface area (Å²) in [7, 11) is 0. The Hall–Kier alpha value is -1.36. The van der Waals surface area contributed by atoms with E-state index in [1.54, 1.807) is 6.07 Å². The summed E-state index contributed by atoms with van der Waals surface area (Å²) in [6, 6.07) is 11.6. The van der Waals surface area contributed by atoms with Crippen LogP contribution in [0.5, 0.6) is 0 Å². The predicted octanol–water partition coefficient (Wildman–Crippen LogP) is 4.26. The fourth-order valence-corrected chi connectivity index (χ4v) is 3.80. The van der Waals surface area contributed by atoms with Gasteiger partial charge in [-0.05, 0) is 29.8 Å². The molecule has 1 fully saturated rings. The molecule has 0 spiro atoms. The zero-order valence-corrected chi connectivity index (χ0v) is 14.2. The van der Waals surface area contributed by atoms with Gasteiger partial charge in [0.25, 0.3) is 0 Å². The fraction of sp³-hybridized carbons (Fsp3) is 0.278. The standard InChI is InChI=1S/C18H17ClFNOS/c19-15-4-5-16(17(20)11-15)18(22)14-3-1-2-13(10-14)12-21-6-8-23-9-7-21/h1-5,10-11H,6-9,12H2. The third-order valence-electron chi connectivity index (χ3n) is 3.87. The summed E-state index contributed by atoms with van der Waals surface area (Å²) in [6.45, 7) is 2.95. The minimum atomic E-state index is -0.582. The molecule has 0 aliphatic carbocycles. The van der Waals surface area contributed by atoms with Gasteiger partial charge in [-0.1, -0.05) is 29.8 Å². The van der Waals surface area contributed by atoms with E-state index in [-0.39, 0.29) is 16.4 Å². The second kappa shape index (κ2) is 7.47. The third-order valence-corrected chi connectivity index (χ3v) is 5.05.